The van der Waals surface area contributed by atoms with E-state index in [1.54, 1.807) is 0 Å². The van der Waals surface area contributed by atoms with Crippen molar-refractivity contribution in [2.75, 3.05) is 27.2 Å². The quantitative estimate of drug-likeness (QED) is 0.519. The van der Waals surface area contributed by atoms with Gasteiger partial charge >= 0.3 is 0 Å². The SMILES string of the molecule is CN[C@@]12CC=CC[C@]1(NC)CNC2. The Morgan fingerprint density at radius 1 is 1.00 bits per heavy atom. The van der Waals surface area contributed by atoms with Gasteiger partial charge in [0.25, 0.3) is 0 Å². The molecular weight excluding hydrogens is 162 g/mol. The summed E-state index contributed by atoms with van der Waals surface area (Å²) >= 11 is 0. The lowest BCUT2D eigenvalue weighted by molar-refractivity contribution is 0.194. The Balaban J connectivity index is 2.34. The Bertz CT molecular complexity index is 204. The fourth-order valence-electron chi connectivity index (χ4n) is 2.79. The topological polar surface area (TPSA) is 36.1 Å². The Hall–Kier alpha value is -0.380. The molecule has 1 saturated heterocycles. The zero-order valence-electron chi connectivity index (χ0n) is 8.48. The lowest BCUT2D eigenvalue weighted by Crippen LogP contribution is -2.67. The Morgan fingerprint density at radius 3 is 1.85 bits per heavy atom. The van der Waals surface area contributed by atoms with E-state index in [-0.39, 0.29) is 11.1 Å². The van der Waals surface area contributed by atoms with Crippen molar-refractivity contribution in [1.82, 2.24) is 16.0 Å². The van der Waals surface area contributed by atoms with Gasteiger partial charge in [-0.25, -0.2) is 0 Å². The van der Waals surface area contributed by atoms with Gasteiger partial charge in [-0.15, -0.1) is 0 Å². The fraction of sp³-hybridized carbons (Fsp3) is 0.800. The van der Waals surface area contributed by atoms with Gasteiger partial charge in [0.2, 0.25) is 0 Å². The van der Waals surface area contributed by atoms with Crippen LogP contribution in [0, 0.1) is 0 Å². The average Bonchev–Trinajstić information content (AvgIpc) is 2.58. The summed E-state index contributed by atoms with van der Waals surface area (Å²) in [5.41, 5.74) is 0.438. The van der Waals surface area contributed by atoms with Crippen molar-refractivity contribution in [2.24, 2.45) is 0 Å². The summed E-state index contributed by atoms with van der Waals surface area (Å²) in [6, 6.07) is 0. The monoisotopic (exact) mass is 181 g/mol. The van der Waals surface area contributed by atoms with Crippen LogP contribution in [0.15, 0.2) is 12.2 Å². The summed E-state index contributed by atoms with van der Waals surface area (Å²) in [5, 5.41) is 10.5. The van der Waals surface area contributed by atoms with Crippen LogP contribution >= 0.6 is 0 Å². The highest BCUT2D eigenvalue weighted by molar-refractivity contribution is 5.24. The number of hydrogen-bond donors (Lipinski definition) is 3. The standard InChI is InChI=1S/C10H19N3/c1-11-9-5-3-4-6-10(9,12-2)8-13-7-9/h3-4,11-13H,5-8H2,1-2H3/t9-,10+. The lowest BCUT2D eigenvalue weighted by atomic mass is 9.72. The van der Waals surface area contributed by atoms with Gasteiger partial charge in [0, 0.05) is 13.1 Å². The minimum absolute atomic E-state index is 0.219. The summed E-state index contributed by atoms with van der Waals surface area (Å²) in [6.07, 6.45) is 6.83. The lowest BCUT2D eigenvalue weighted by Gasteiger charge is -2.46. The van der Waals surface area contributed by atoms with Gasteiger partial charge in [-0.1, -0.05) is 12.2 Å². The molecule has 3 nitrogen and oxygen atoms in total. The maximum atomic E-state index is 3.49. The van der Waals surface area contributed by atoms with E-state index in [4.69, 9.17) is 0 Å². The smallest absolute Gasteiger partial charge is 0.0538 e. The third-order valence-electron chi connectivity index (χ3n) is 3.83. The van der Waals surface area contributed by atoms with Crippen molar-refractivity contribution < 1.29 is 0 Å². The summed E-state index contributed by atoms with van der Waals surface area (Å²) in [7, 11) is 4.14. The van der Waals surface area contributed by atoms with Crippen LogP contribution in [0.3, 0.4) is 0 Å². The van der Waals surface area contributed by atoms with Crippen LogP contribution in [-0.4, -0.2) is 38.3 Å². The van der Waals surface area contributed by atoms with Crippen molar-refractivity contribution in [3.05, 3.63) is 12.2 Å². The highest BCUT2D eigenvalue weighted by Gasteiger charge is 2.53. The molecule has 1 heterocycles. The van der Waals surface area contributed by atoms with Gasteiger partial charge in [-0.05, 0) is 26.9 Å². The van der Waals surface area contributed by atoms with Crippen LogP contribution in [0.1, 0.15) is 12.8 Å². The first-order valence-electron chi connectivity index (χ1n) is 5.02. The van der Waals surface area contributed by atoms with Crippen LogP contribution in [0.4, 0.5) is 0 Å². The van der Waals surface area contributed by atoms with Gasteiger partial charge in [0.1, 0.15) is 0 Å². The van der Waals surface area contributed by atoms with Gasteiger partial charge in [0.15, 0.2) is 0 Å². The Labute approximate surface area is 80.0 Å². The Morgan fingerprint density at radius 2 is 1.46 bits per heavy atom. The minimum atomic E-state index is 0.219. The first-order valence-corrected chi connectivity index (χ1v) is 5.02. The fourth-order valence-corrected chi connectivity index (χ4v) is 2.79. The molecule has 0 amide bonds. The molecule has 0 aromatic rings. The van der Waals surface area contributed by atoms with Crippen molar-refractivity contribution in [1.29, 1.82) is 0 Å². The molecule has 3 heteroatoms. The van der Waals surface area contributed by atoms with Crippen LogP contribution in [0.5, 0.6) is 0 Å². The number of fused-ring (bicyclic) bond motifs is 1. The van der Waals surface area contributed by atoms with E-state index < -0.39 is 0 Å². The number of likely N-dealkylation sites (N-methyl/N-ethyl adjacent to an activating group) is 2. The second-order valence-electron chi connectivity index (χ2n) is 4.15. The third kappa shape index (κ3) is 1.08. The van der Waals surface area contributed by atoms with Crippen LogP contribution in [-0.2, 0) is 0 Å². The van der Waals surface area contributed by atoms with E-state index in [2.05, 4.69) is 42.2 Å². The van der Waals surface area contributed by atoms with Crippen molar-refractivity contribution in [3.8, 4) is 0 Å². The number of nitrogens with one attached hydrogen (secondary N) is 3. The molecule has 2 aliphatic rings. The molecular formula is C10H19N3. The molecule has 74 valence electrons. The molecule has 0 aromatic carbocycles. The summed E-state index contributed by atoms with van der Waals surface area (Å²) in [5.74, 6) is 0. The average molecular weight is 181 g/mol. The molecule has 13 heavy (non-hydrogen) atoms. The molecule has 0 unspecified atom stereocenters. The van der Waals surface area contributed by atoms with E-state index >= 15 is 0 Å². The van der Waals surface area contributed by atoms with Gasteiger partial charge in [-0.3, -0.25) is 0 Å². The largest absolute Gasteiger partial charge is 0.313 e. The summed E-state index contributed by atoms with van der Waals surface area (Å²) < 4.78 is 0. The van der Waals surface area contributed by atoms with Crippen molar-refractivity contribution in [3.63, 3.8) is 0 Å². The van der Waals surface area contributed by atoms with E-state index in [0.717, 1.165) is 25.9 Å². The predicted octanol–water partition coefficient (Wildman–Crippen LogP) is -0.144. The van der Waals surface area contributed by atoms with Crippen molar-refractivity contribution >= 4 is 0 Å². The molecule has 1 aliphatic heterocycles. The second-order valence-corrected chi connectivity index (χ2v) is 4.15. The molecule has 0 aromatic heterocycles. The zero-order valence-corrected chi connectivity index (χ0v) is 8.48. The molecule has 0 bridgehead atoms. The molecule has 1 fully saturated rings. The van der Waals surface area contributed by atoms with Crippen LogP contribution in [0.25, 0.3) is 0 Å². The summed E-state index contributed by atoms with van der Waals surface area (Å²) in [4.78, 5) is 0. The highest BCUT2D eigenvalue weighted by atomic mass is 15.2. The molecule has 2 atom stereocenters. The zero-order chi connectivity index (χ0) is 9.36. The predicted molar refractivity (Wildman–Crippen MR) is 54.8 cm³/mol. The normalized spacial score (nSPS) is 43.5. The first kappa shape index (κ1) is 9.19. The molecule has 0 radical (unpaired) electrons. The second kappa shape index (κ2) is 3.08. The Kier molecular flexibility index (Phi) is 2.18. The molecule has 3 N–H and O–H groups in total. The number of rotatable bonds is 2. The van der Waals surface area contributed by atoms with Gasteiger partial charge in [0.05, 0.1) is 11.1 Å². The number of hydrogen-bond acceptors (Lipinski definition) is 3. The van der Waals surface area contributed by atoms with Gasteiger partial charge in [-0.2, -0.15) is 0 Å². The molecule has 1 aliphatic carbocycles. The molecule has 0 spiro atoms. The molecule has 2 rings (SSSR count). The molecule has 0 saturated carbocycles. The van der Waals surface area contributed by atoms with Crippen molar-refractivity contribution in [2.45, 2.75) is 23.9 Å². The van der Waals surface area contributed by atoms with E-state index in [1.807, 2.05) is 0 Å². The summed E-state index contributed by atoms with van der Waals surface area (Å²) in [6.45, 7) is 2.13. The maximum Gasteiger partial charge on any atom is 0.0538 e. The van der Waals surface area contributed by atoms with E-state index in [0.29, 0.717) is 0 Å². The minimum Gasteiger partial charge on any atom is -0.313 e. The van der Waals surface area contributed by atoms with Crippen LogP contribution < -0.4 is 16.0 Å². The first-order chi connectivity index (χ1) is 6.29. The van der Waals surface area contributed by atoms with Crippen LogP contribution in [0.2, 0.25) is 0 Å². The highest BCUT2D eigenvalue weighted by Crippen LogP contribution is 2.36. The van der Waals surface area contributed by atoms with Gasteiger partial charge < -0.3 is 16.0 Å². The third-order valence-corrected chi connectivity index (χ3v) is 3.83. The van der Waals surface area contributed by atoms with E-state index in [9.17, 15) is 0 Å². The van der Waals surface area contributed by atoms with E-state index in [1.165, 1.54) is 0 Å². The maximum absolute atomic E-state index is 3.49.